The maximum Gasteiger partial charge on any atom is 0.473 e. The van der Waals surface area contributed by atoms with Gasteiger partial charge in [-0.25, -0.2) is 13.9 Å². The van der Waals surface area contributed by atoms with Crippen molar-refractivity contribution in [3.8, 4) is 0 Å². The topological polar surface area (TPSA) is 168 Å². The molecule has 90 valence electrons. The summed E-state index contributed by atoms with van der Waals surface area (Å²) in [5.41, 5.74) is 0. The second-order valence-corrected chi connectivity index (χ2v) is 4.62. The van der Waals surface area contributed by atoms with E-state index in [0.717, 1.165) is 0 Å². The quantitative estimate of drug-likeness (QED) is 0.210. The molecule has 10 nitrogen and oxygen atoms in total. The van der Waals surface area contributed by atoms with Crippen LogP contribution in [0.4, 0.5) is 0 Å². The first-order valence-corrected chi connectivity index (χ1v) is 6.00. The van der Waals surface area contributed by atoms with Gasteiger partial charge in [0, 0.05) is 0 Å². The zero-order valence-corrected chi connectivity index (χ0v) is 8.94. The lowest BCUT2D eigenvalue weighted by molar-refractivity contribution is -0.169. The Hall–Kier alpha value is -0.260. The maximum atomic E-state index is 10.3. The van der Waals surface area contributed by atoms with Gasteiger partial charge in [0.05, 0.1) is 0 Å². The minimum Gasteiger partial charge on any atom is -0.476 e. The molecule has 13 heteroatoms. The van der Waals surface area contributed by atoms with Crippen molar-refractivity contribution in [2.24, 2.45) is 0 Å². The van der Waals surface area contributed by atoms with Crippen LogP contribution in [0, 0.1) is 0 Å². The van der Waals surface area contributed by atoms with Gasteiger partial charge in [-0.1, -0.05) is 0 Å². The number of phosphoric acid groups is 1. The summed E-state index contributed by atoms with van der Waals surface area (Å²) in [5, 5.41) is 4.51. The molecule has 0 bridgehead atoms. The number of carbonyl (C=O) groups is 1. The van der Waals surface area contributed by atoms with Gasteiger partial charge in [0.15, 0.2) is 0 Å². The van der Waals surface area contributed by atoms with Crippen molar-refractivity contribution in [3.63, 3.8) is 0 Å². The number of rotatable bonds is 5. The first kappa shape index (κ1) is 14.7. The van der Waals surface area contributed by atoms with Crippen LogP contribution in [-0.4, -0.2) is 39.1 Å². The van der Waals surface area contributed by atoms with E-state index >= 15 is 0 Å². The molecule has 0 aliphatic carbocycles. The van der Waals surface area contributed by atoms with E-state index in [2.05, 4.69) is 8.71 Å². The summed E-state index contributed by atoms with van der Waals surface area (Å²) in [6.45, 7) is 0. The maximum absolute atomic E-state index is 10.3. The number of hydrogen-bond acceptors (Lipinski definition) is 6. The van der Waals surface area contributed by atoms with Gasteiger partial charge in [-0.15, -0.1) is 0 Å². The fourth-order valence-electron chi connectivity index (χ4n) is 0.378. The molecular weight excluding hydrogens is 283 g/mol. The van der Waals surface area contributed by atoms with Crippen LogP contribution in [0.15, 0.2) is 0 Å². The molecule has 0 heterocycles. The van der Waals surface area contributed by atoms with Gasteiger partial charge >= 0.3 is 29.4 Å². The molecule has 1 atom stereocenters. The Labute approximate surface area is 87.6 Å². The van der Waals surface area contributed by atoms with E-state index < -0.39 is 29.4 Å². The Kier molecular flexibility index (Phi) is 4.24. The van der Waals surface area contributed by atoms with E-state index in [0.29, 0.717) is 0 Å². The number of phosphoric ester groups is 1. The molecule has 0 rings (SSSR count). The van der Waals surface area contributed by atoms with Crippen LogP contribution in [-0.2, 0) is 28.5 Å². The van der Waals surface area contributed by atoms with Crippen LogP contribution < -0.4 is 0 Å². The van der Waals surface area contributed by atoms with Gasteiger partial charge in [0.25, 0.3) is 0 Å². The fourth-order valence-corrected chi connectivity index (χ4v) is 1.73. The van der Waals surface area contributed by atoms with Gasteiger partial charge in [-0.05, 0) is 11.6 Å². The fraction of sp³-hybridized carbons (Fsp3) is 0.500. The molecule has 0 aliphatic heterocycles. The molecule has 0 fully saturated rings. The number of hydrogen-bond donors (Lipinski definition) is 4. The van der Waals surface area contributed by atoms with E-state index in [1.165, 1.54) is 0 Å². The molecule has 0 radical (unpaired) electrons. The van der Waals surface area contributed by atoms with Gasteiger partial charge in [-0.3, -0.25) is 4.55 Å². The molecule has 0 aromatic heterocycles. The molecule has 0 amide bonds. The summed E-state index contributed by atoms with van der Waals surface area (Å²) in [6.07, 6.45) is 0. The zero-order chi connectivity index (χ0) is 12.5. The predicted octanol–water partition coefficient (Wildman–Crippen LogP) is -1.11. The summed E-state index contributed by atoms with van der Waals surface area (Å²) in [7, 11) is -10.8. The van der Waals surface area contributed by atoms with Gasteiger partial charge < -0.3 is 14.9 Å². The van der Waals surface area contributed by atoms with Gasteiger partial charge in [0.1, 0.15) is 0 Å². The predicted molar refractivity (Wildman–Crippen MR) is 42.0 cm³/mol. The largest absolute Gasteiger partial charge is 0.476 e. The highest BCUT2D eigenvalue weighted by Gasteiger charge is 2.49. The SMILES string of the molecule is O=C(O)C(Cl)(OP(=O)(O)O)OS(=O)(=O)O. The molecule has 0 aromatic rings. The van der Waals surface area contributed by atoms with E-state index in [1.54, 1.807) is 0 Å². The minimum absolute atomic E-state index is 2.38. The second-order valence-electron chi connectivity index (χ2n) is 1.93. The van der Waals surface area contributed by atoms with E-state index in [4.69, 9.17) is 31.0 Å². The number of alkyl halides is 1. The summed E-state index contributed by atoms with van der Waals surface area (Å²) in [5.74, 6) is -2.38. The average molecular weight is 287 g/mol. The highest BCUT2D eigenvalue weighted by Crippen LogP contribution is 2.44. The monoisotopic (exact) mass is 286 g/mol. The molecule has 0 aliphatic rings. The molecule has 0 spiro atoms. The standard InChI is InChI=1S/C2H4ClO10PS/c3-2(1(4)5,12-14(6,7)8)13-15(9,10)11/h(H,4,5)(H2,6,7,8)(H,9,10,11). The Morgan fingerprint density at radius 1 is 1.40 bits per heavy atom. The molecule has 4 N–H and O–H groups in total. The third-order valence-electron chi connectivity index (χ3n) is 0.704. The molecule has 0 saturated carbocycles. The summed E-state index contributed by atoms with van der Waals surface area (Å²) < 4.78 is 45.0. The Morgan fingerprint density at radius 3 is 2.00 bits per heavy atom. The van der Waals surface area contributed by atoms with Crippen LogP contribution in [0.25, 0.3) is 0 Å². The first-order chi connectivity index (χ1) is 6.36. The highest BCUT2D eigenvalue weighted by molar-refractivity contribution is 7.81. The molecule has 1 unspecified atom stereocenters. The lowest BCUT2D eigenvalue weighted by atomic mass is 10.7. The van der Waals surface area contributed by atoms with Crippen molar-refractivity contribution in [1.29, 1.82) is 0 Å². The van der Waals surface area contributed by atoms with E-state index in [9.17, 15) is 17.8 Å². The molecule has 0 aromatic carbocycles. The van der Waals surface area contributed by atoms with Crippen LogP contribution in [0.1, 0.15) is 0 Å². The number of carboxylic acid groups (broad SMARTS) is 1. The van der Waals surface area contributed by atoms with Crippen LogP contribution in [0.5, 0.6) is 0 Å². The van der Waals surface area contributed by atoms with Crippen molar-refractivity contribution in [2.45, 2.75) is 5.25 Å². The summed E-state index contributed by atoms with van der Waals surface area (Å²) in [4.78, 5) is 26.6. The normalized spacial score (nSPS) is 17.1. The van der Waals surface area contributed by atoms with Crippen molar-refractivity contribution in [3.05, 3.63) is 0 Å². The van der Waals surface area contributed by atoms with Crippen LogP contribution in [0.2, 0.25) is 0 Å². The average Bonchev–Trinajstić information content (AvgIpc) is 1.75. The van der Waals surface area contributed by atoms with E-state index in [-0.39, 0.29) is 0 Å². The van der Waals surface area contributed by atoms with Crippen molar-refractivity contribution < 1.29 is 45.9 Å². The zero-order valence-electron chi connectivity index (χ0n) is 6.47. The smallest absolute Gasteiger partial charge is 0.473 e. The second kappa shape index (κ2) is 4.31. The van der Waals surface area contributed by atoms with Gasteiger partial charge in [0.2, 0.25) is 0 Å². The van der Waals surface area contributed by atoms with Crippen molar-refractivity contribution in [1.82, 2.24) is 0 Å². The summed E-state index contributed by atoms with van der Waals surface area (Å²) >= 11 is 4.77. The molecule has 0 saturated heterocycles. The third kappa shape index (κ3) is 6.02. The number of aliphatic carboxylic acids is 1. The first-order valence-electron chi connectivity index (χ1n) is 2.72. The Bertz CT molecular complexity index is 394. The van der Waals surface area contributed by atoms with Gasteiger partial charge in [-0.2, -0.15) is 12.6 Å². The Morgan fingerprint density at radius 2 is 1.80 bits per heavy atom. The molecule has 15 heavy (non-hydrogen) atoms. The minimum atomic E-state index is -5.44. The molecular formula is C2H4ClO10PS. The van der Waals surface area contributed by atoms with Crippen molar-refractivity contribution >= 4 is 35.8 Å². The highest BCUT2D eigenvalue weighted by atomic mass is 35.5. The van der Waals surface area contributed by atoms with E-state index in [1.807, 2.05) is 0 Å². The number of halogens is 1. The van der Waals surface area contributed by atoms with Crippen LogP contribution in [0.3, 0.4) is 0 Å². The van der Waals surface area contributed by atoms with Crippen LogP contribution >= 0.6 is 19.4 Å². The summed E-state index contributed by atoms with van der Waals surface area (Å²) in [6, 6.07) is 0. The Balaban J connectivity index is 5.10. The lowest BCUT2D eigenvalue weighted by Gasteiger charge is -2.20. The number of carboxylic acids is 1. The third-order valence-corrected chi connectivity index (χ3v) is 2.16. The lowest BCUT2D eigenvalue weighted by Crippen LogP contribution is -2.39. The van der Waals surface area contributed by atoms with Crippen molar-refractivity contribution in [2.75, 3.05) is 0 Å².